The Bertz CT molecular complexity index is 507. The van der Waals surface area contributed by atoms with Gasteiger partial charge in [-0.1, -0.05) is 19.3 Å². The zero-order valence-electron chi connectivity index (χ0n) is 10.6. The maximum absolute atomic E-state index is 14.0. The van der Waals surface area contributed by atoms with Crippen molar-refractivity contribution in [3.8, 4) is 11.8 Å². The van der Waals surface area contributed by atoms with Gasteiger partial charge >= 0.3 is 0 Å². The van der Waals surface area contributed by atoms with Gasteiger partial charge in [0.05, 0.1) is 15.6 Å². The van der Waals surface area contributed by atoms with E-state index in [1.165, 1.54) is 18.6 Å². The average molecular weight is 327 g/mol. The molecule has 0 radical (unpaired) electrons. The molecule has 0 heterocycles. The lowest BCUT2D eigenvalue weighted by molar-refractivity contribution is 0.169. The van der Waals surface area contributed by atoms with Crippen LogP contribution in [0.15, 0.2) is 16.6 Å². The molecule has 5 heteroatoms. The van der Waals surface area contributed by atoms with Gasteiger partial charge in [-0.05, 0) is 40.9 Å². The van der Waals surface area contributed by atoms with Crippen LogP contribution in [0.2, 0.25) is 0 Å². The van der Waals surface area contributed by atoms with Gasteiger partial charge in [-0.3, -0.25) is 0 Å². The Morgan fingerprint density at radius 1 is 1.37 bits per heavy atom. The minimum atomic E-state index is -0.543. The fraction of sp³-hybridized carbons (Fsp3) is 0.500. The molecule has 19 heavy (non-hydrogen) atoms. The van der Waals surface area contributed by atoms with E-state index in [0.29, 0.717) is 6.61 Å². The SMILES string of the molecule is N#Cc1ccc(OCC2(N)CCCCC2)c(F)c1Br. The molecule has 1 aliphatic rings. The zero-order valence-corrected chi connectivity index (χ0v) is 12.2. The van der Waals surface area contributed by atoms with Crippen LogP contribution in [0.3, 0.4) is 0 Å². The number of nitrogens with zero attached hydrogens (tertiary/aromatic N) is 1. The number of hydrogen-bond acceptors (Lipinski definition) is 3. The third-order valence-corrected chi connectivity index (χ3v) is 4.31. The minimum Gasteiger partial charge on any atom is -0.489 e. The van der Waals surface area contributed by atoms with E-state index in [4.69, 9.17) is 15.7 Å². The number of benzene rings is 1. The summed E-state index contributed by atoms with van der Waals surface area (Å²) in [6.45, 7) is 0.308. The van der Waals surface area contributed by atoms with Gasteiger partial charge in [0.2, 0.25) is 0 Å². The van der Waals surface area contributed by atoms with Gasteiger partial charge in [0.1, 0.15) is 12.7 Å². The zero-order chi connectivity index (χ0) is 13.9. The summed E-state index contributed by atoms with van der Waals surface area (Å²) in [4.78, 5) is 0. The van der Waals surface area contributed by atoms with Crippen LogP contribution in [0.5, 0.6) is 5.75 Å². The van der Waals surface area contributed by atoms with Gasteiger partial charge in [-0.15, -0.1) is 0 Å². The molecule has 0 spiro atoms. The first-order valence-corrected chi connectivity index (χ1v) is 7.15. The third kappa shape index (κ3) is 3.26. The second-order valence-corrected chi connectivity index (χ2v) is 5.86. The fourth-order valence-corrected chi connectivity index (χ4v) is 2.77. The molecule has 102 valence electrons. The average Bonchev–Trinajstić information content (AvgIpc) is 2.41. The van der Waals surface area contributed by atoms with Crippen LogP contribution in [-0.4, -0.2) is 12.1 Å². The molecule has 0 saturated heterocycles. The van der Waals surface area contributed by atoms with Crippen LogP contribution in [0.1, 0.15) is 37.7 Å². The highest BCUT2D eigenvalue weighted by Gasteiger charge is 2.28. The van der Waals surface area contributed by atoms with E-state index in [-0.39, 0.29) is 21.3 Å². The highest BCUT2D eigenvalue weighted by atomic mass is 79.9. The normalized spacial score (nSPS) is 17.8. The van der Waals surface area contributed by atoms with E-state index in [2.05, 4.69) is 15.9 Å². The number of halogens is 2. The number of hydrogen-bond donors (Lipinski definition) is 1. The third-order valence-electron chi connectivity index (χ3n) is 3.53. The fourth-order valence-electron chi connectivity index (χ4n) is 2.35. The summed E-state index contributed by atoms with van der Waals surface area (Å²) < 4.78 is 19.6. The molecule has 1 aromatic carbocycles. The van der Waals surface area contributed by atoms with Crippen molar-refractivity contribution in [3.63, 3.8) is 0 Å². The molecule has 3 nitrogen and oxygen atoms in total. The molecule has 1 saturated carbocycles. The predicted molar refractivity (Wildman–Crippen MR) is 74.3 cm³/mol. The summed E-state index contributed by atoms with van der Waals surface area (Å²) >= 11 is 3.06. The highest BCUT2D eigenvalue weighted by Crippen LogP contribution is 2.31. The summed E-state index contributed by atoms with van der Waals surface area (Å²) in [6.07, 6.45) is 5.21. The van der Waals surface area contributed by atoms with Crippen molar-refractivity contribution in [2.75, 3.05) is 6.61 Å². The van der Waals surface area contributed by atoms with Gasteiger partial charge in [0, 0.05) is 0 Å². The van der Waals surface area contributed by atoms with Crippen LogP contribution in [0.4, 0.5) is 4.39 Å². The van der Waals surface area contributed by atoms with E-state index in [1.807, 2.05) is 6.07 Å². The summed E-state index contributed by atoms with van der Waals surface area (Å²) in [5.74, 6) is -0.403. The molecule has 0 atom stereocenters. The Morgan fingerprint density at radius 3 is 2.68 bits per heavy atom. The van der Waals surface area contributed by atoms with Crippen molar-refractivity contribution < 1.29 is 9.13 Å². The van der Waals surface area contributed by atoms with Gasteiger partial charge in [-0.2, -0.15) is 5.26 Å². The van der Waals surface area contributed by atoms with Crippen LogP contribution >= 0.6 is 15.9 Å². The molecular formula is C14H16BrFN2O. The first kappa shape index (κ1) is 14.3. The smallest absolute Gasteiger partial charge is 0.180 e. The van der Waals surface area contributed by atoms with Crippen molar-refractivity contribution >= 4 is 15.9 Å². The lowest BCUT2D eigenvalue weighted by Crippen LogP contribution is -2.47. The Kier molecular flexibility index (Phi) is 4.43. The summed E-state index contributed by atoms with van der Waals surface area (Å²) in [6, 6.07) is 4.92. The summed E-state index contributed by atoms with van der Waals surface area (Å²) in [5, 5.41) is 8.80. The van der Waals surface area contributed by atoms with E-state index >= 15 is 0 Å². The first-order valence-electron chi connectivity index (χ1n) is 6.35. The molecule has 0 bridgehead atoms. The lowest BCUT2D eigenvalue weighted by atomic mass is 9.83. The Hall–Kier alpha value is -1.12. The Morgan fingerprint density at radius 2 is 2.05 bits per heavy atom. The van der Waals surface area contributed by atoms with Gasteiger partial charge < -0.3 is 10.5 Å². The lowest BCUT2D eigenvalue weighted by Gasteiger charge is -2.33. The van der Waals surface area contributed by atoms with Crippen LogP contribution in [0.25, 0.3) is 0 Å². The van der Waals surface area contributed by atoms with Gasteiger partial charge in [0.15, 0.2) is 11.6 Å². The number of ether oxygens (including phenoxy) is 1. The largest absolute Gasteiger partial charge is 0.489 e. The van der Waals surface area contributed by atoms with Crippen molar-refractivity contribution in [3.05, 3.63) is 28.0 Å². The van der Waals surface area contributed by atoms with E-state index in [0.717, 1.165) is 25.7 Å². The molecule has 0 unspecified atom stereocenters. The standard InChI is InChI=1S/C14H16BrFN2O/c15-12-10(8-17)4-5-11(13(12)16)19-9-14(18)6-2-1-3-7-14/h4-5H,1-3,6-7,9,18H2. The molecule has 0 aromatic heterocycles. The molecule has 1 aliphatic carbocycles. The minimum absolute atomic E-state index is 0.140. The molecule has 2 rings (SSSR count). The van der Waals surface area contributed by atoms with Crippen molar-refractivity contribution in [2.24, 2.45) is 5.73 Å². The maximum Gasteiger partial charge on any atom is 0.180 e. The quantitative estimate of drug-likeness (QED) is 0.924. The maximum atomic E-state index is 14.0. The predicted octanol–water partition coefficient (Wildman–Crippen LogP) is 3.50. The van der Waals surface area contributed by atoms with Crippen molar-refractivity contribution in [1.29, 1.82) is 5.26 Å². The first-order chi connectivity index (χ1) is 9.06. The molecule has 0 aliphatic heterocycles. The van der Waals surface area contributed by atoms with Crippen LogP contribution in [-0.2, 0) is 0 Å². The van der Waals surface area contributed by atoms with E-state index in [1.54, 1.807) is 0 Å². The summed E-state index contributed by atoms with van der Waals surface area (Å²) in [7, 11) is 0. The van der Waals surface area contributed by atoms with Crippen LogP contribution in [0, 0.1) is 17.1 Å². The van der Waals surface area contributed by atoms with Crippen molar-refractivity contribution in [1.82, 2.24) is 0 Å². The molecular weight excluding hydrogens is 311 g/mol. The second kappa shape index (κ2) is 5.89. The molecule has 0 amide bonds. The molecule has 1 fully saturated rings. The van der Waals surface area contributed by atoms with Gasteiger partial charge in [-0.25, -0.2) is 4.39 Å². The number of nitrogens with two attached hydrogens (primary N) is 1. The molecule has 2 N–H and O–H groups in total. The van der Waals surface area contributed by atoms with Crippen molar-refractivity contribution in [2.45, 2.75) is 37.6 Å². The molecule has 1 aromatic rings. The van der Waals surface area contributed by atoms with Gasteiger partial charge in [0.25, 0.3) is 0 Å². The Labute approximate surface area is 120 Å². The Balaban J connectivity index is 2.08. The summed E-state index contributed by atoms with van der Waals surface area (Å²) in [5.41, 5.74) is 6.14. The number of nitriles is 1. The van der Waals surface area contributed by atoms with Crippen LogP contribution < -0.4 is 10.5 Å². The van der Waals surface area contributed by atoms with E-state index < -0.39 is 5.82 Å². The number of rotatable bonds is 3. The topological polar surface area (TPSA) is 59.0 Å². The second-order valence-electron chi connectivity index (χ2n) is 5.06. The highest BCUT2D eigenvalue weighted by molar-refractivity contribution is 9.10. The van der Waals surface area contributed by atoms with E-state index in [9.17, 15) is 4.39 Å². The monoisotopic (exact) mass is 326 g/mol.